The smallest absolute Gasteiger partial charge is 0.254 e. The summed E-state index contributed by atoms with van der Waals surface area (Å²) in [5.41, 5.74) is 2.63. The van der Waals surface area contributed by atoms with Crippen molar-refractivity contribution in [3.05, 3.63) is 48.0 Å². The van der Waals surface area contributed by atoms with Crippen LogP contribution in [0.2, 0.25) is 0 Å². The number of hydrogen-bond donors (Lipinski definition) is 0. The molecule has 0 atom stereocenters. The average Bonchev–Trinajstić information content (AvgIpc) is 2.86. The molecule has 0 aliphatic heterocycles. The summed E-state index contributed by atoms with van der Waals surface area (Å²) in [6.07, 6.45) is 0. The fraction of sp³-hybridized carbons (Fsp3) is 0.360. The summed E-state index contributed by atoms with van der Waals surface area (Å²) in [5.74, 6) is 1.40. The second-order valence-electron chi connectivity index (χ2n) is 7.26. The van der Waals surface area contributed by atoms with Gasteiger partial charge in [0.25, 0.3) is 5.91 Å². The number of fused-ring (bicyclic) bond motifs is 1. The second-order valence-corrected chi connectivity index (χ2v) is 7.26. The molecule has 0 saturated heterocycles. The highest BCUT2D eigenvalue weighted by atomic mass is 16.5. The lowest BCUT2D eigenvalue weighted by atomic mass is 10.0. The highest BCUT2D eigenvalue weighted by Gasteiger charge is 2.21. The van der Waals surface area contributed by atoms with Crippen molar-refractivity contribution in [1.82, 2.24) is 9.88 Å². The van der Waals surface area contributed by atoms with Crippen molar-refractivity contribution in [3.63, 3.8) is 0 Å². The molecular formula is C25H30N2O6. The number of pyridine rings is 1. The van der Waals surface area contributed by atoms with Gasteiger partial charge >= 0.3 is 0 Å². The van der Waals surface area contributed by atoms with E-state index in [0.717, 1.165) is 10.9 Å². The summed E-state index contributed by atoms with van der Waals surface area (Å²) < 4.78 is 26.8. The Morgan fingerprint density at radius 3 is 2.00 bits per heavy atom. The maximum atomic E-state index is 13.6. The number of ether oxygens (including phenoxy) is 5. The molecule has 176 valence electrons. The van der Waals surface area contributed by atoms with E-state index in [1.54, 1.807) is 46.5 Å². The monoisotopic (exact) mass is 454 g/mol. The number of benzene rings is 2. The lowest BCUT2D eigenvalue weighted by molar-refractivity contribution is 0.0629. The van der Waals surface area contributed by atoms with E-state index in [0.29, 0.717) is 60.3 Å². The number of rotatable bonds is 11. The van der Waals surface area contributed by atoms with Gasteiger partial charge in [-0.2, -0.15) is 0 Å². The molecule has 3 aromatic rings. The molecule has 8 nitrogen and oxygen atoms in total. The van der Waals surface area contributed by atoms with Crippen LogP contribution in [0.3, 0.4) is 0 Å². The summed E-state index contributed by atoms with van der Waals surface area (Å²) >= 11 is 0. The first-order valence-corrected chi connectivity index (χ1v) is 10.5. The third-order valence-corrected chi connectivity index (χ3v) is 5.32. The minimum absolute atomic E-state index is 0.114. The van der Waals surface area contributed by atoms with Crippen molar-refractivity contribution in [2.24, 2.45) is 0 Å². The molecule has 3 rings (SSSR count). The largest absolute Gasteiger partial charge is 0.493 e. The highest BCUT2D eigenvalue weighted by Crippen LogP contribution is 2.41. The van der Waals surface area contributed by atoms with Gasteiger partial charge in [0.2, 0.25) is 5.75 Å². The quantitative estimate of drug-likeness (QED) is 0.437. The molecule has 1 aromatic heterocycles. The van der Waals surface area contributed by atoms with Crippen molar-refractivity contribution < 1.29 is 28.5 Å². The summed E-state index contributed by atoms with van der Waals surface area (Å²) in [4.78, 5) is 20.2. The Kier molecular flexibility index (Phi) is 8.46. The third kappa shape index (κ3) is 5.35. The Labute approximate surface area is 194 Å². The van der Waals surface area contributed by atoms with E-state index in [2.05, 4.69) is 0 Å². The number of carbonyl (C=O) groups excluding carboxylic acids is 1. The van der Waals surface area contributed by atoms with Crippen LogP contribution in [0.25, 0.3) is 22.2 Å². The van der Waals surface area contributed by atoms with Crippen LogP contribution in [0.15, 0.2) is 42.5 Å². The van der Waals surface area contributed by atoms with Crippen molar-refractivity contribution in [1.29, 1.82) is 0 Å². The third-order valence-electron chi connectivity index (χ3n) is 5.32. The number of nitrogens with zero attached hydrogens (tertiary/aromatic N) is 2. The number of para-hydroxylation sites is 1. The van der Waals surface area contributed by atoms with Crippen LogP contribution >= 0.6 is 0 Å². The van der Waals surface area contributed by atoms with E-state index in [1.807, 2.05) is 36.4 Å². The summed E-state index contributed by atoms with van der Waals surface area (Å²) in [7, 11) is 7.91. The van der Waals surface area contributed by atoms with Crippen LogP contribution in [0.1, 0.15) is 10.4 Å². The van der Waals surface area contributed by atoms with Crippen LogP contribution in [0.4, 0.5) is 0 Å². The van der Waals surface area contributed by atoms with Gasteiger partial charge in [0.05, 0.1) is 51.3 Å². The molecule has 0 bridgehead atoms. The molecule has 0 radical (unpaired) electrons. The van der Waals surface area contributed by atoms with Gasteiger partial charge in [-0.15, -0.1) is 0 Å². The second kappa shape index (κ2) is 11.5. The van der Waals surface area contributed by atoms with Gasteiger partial charge in [-0.1, -0.05) is 18.2 Å². The first-order valence-electron chi connectivity index (χ1n) is 10.5. The van der Waals surface area contributed by atoms with Crippen LogP contribution < -0.4 is 14.2 Å². The Balaban J connectivity index is 2.16. The van der Waals surface area contributed by atoms with Crippen LogP contribution in [0, 0.1) is 0 Å². The molecule has 0 N–H and O–H groups in total. The SMILES string of the molecule is COCCN(CCOC)C(=O)c1cc(-c2cc(OC)c(OC)c(OC)c2)nc2ccccc12. The van der Waals surface area contributed by atoms with E-state index >= 15 is 0 Å². The van der Waals surface area contributed by atoms with Gasteiger partial charge in [-0.25, -0.2) is 4.98 Å². The molecule has 0 fully saturated rings. The number of methoxy groups -OCH3 is 5. The van der Waals surface area contributed by atoms with Gasteiger partial charge in [-0.3, -0.25) is 4.79 Å². The lowest BCUT2D eigenvalue weighted by Crippen LogP contribution is -2.36. The topological polar surface area (TPSA) is 79.4 Å². The molecule has 2 aromatic carbocycles. The van der Waals surface area contributed by atoms with E-state index in [4.69, 9.17) is 28.7 Å². The Bertz CT molecular complexity index is 1070. The van der Waals surface area contributed by atoms with Gasteiger partial charge in [0, 0.05) is 38.3 Å². The summed E-state index contributed by atoms with van der Waals surface area (Å²) in [6.45, 7) is 1.76. The molecule has 0 aliphatic rings. The van der Waals surface area contributed by atoms with Crippen LogP contribution in [-0.4, -0.2) is 77.6 Å². The van der Waals surface area contributed by atoms with Gasteiger partial charge < -0.3 is 28.6 Å². The van der Waals surface area contributed by atoms with Gasteiger partial charge in [-0.05, 0) is 24.3 Å². The first-order chi connectivity index (χ1) is 16.1. The number of carbonyl (C=O) groups is 1. The Morgan fingerprint density at radius 1 is 0.848 bits per heavy atom. The zero-order chi connectivity index (χ0) is 23.8. The highest BCUT2D eigenvalue weighted by molar-refractivity contribution is 6.07. The molecule has 0 saturated carbocycles. The minimum atomic E-state index is -0.114. The molecule has 0 aliphatic carbocycles. The zero-order valence-electron chi connectivity index (χ0n) is 19.7. The molecule has 33 heavy (non-hydrogen) atoms. The van der Waals surface area contributed by atoms with E-state index in [9.17, 15) is 4.79 Å². The van der Waals surface area contributed by atoms with Crippen molar-refractivity contribution in [3.8, 4) is 28.5 Å². The van der Waals surface area contributed by atoms with Crippen LogP contribution in [0.5, 0.6) is 17.2 Å². The van der Waals surface area contributed by atoms with Crippen molar-refractivity contribution in [2.45, 2.75) is 0 Å². The Morgan fingerprint density at radius 2 is 1.45 bits per heavy atom. The standard InChI is InChI=1S/C25H30N2O6/c1-29-12-10-27(11-13-30-2)25(28)19-16-21(26-20-9-7-6-8-18(19)20)17-14-22(31-3)24(33-5)23(15-17)32-4/h6-9,14-16H,10-13H2,1-5H3. The predicted molar refractivity (Wildman–Crippen MR) is 126 cm³/mol. The molecule has 0 spiro atoms. The van der Waals surface area contributed by atoms with Crippen LogP contribution in [-0.2, 0) is 9.47 Å². The molecule has 1 heterocycles. The molecule has 8 heteroatoms. The lowest BCUT2D eigenvalue weighted by Gasteiger charge is -2.23. The maximum absolute atomic E-state index is 13.6. The van der Waals surface area contributed by atoms with Crippen molar-refractivity contribution in [2.75, 3.05) is 61.9 Å². The fourth-order valence-corrected chi connectivity index (χ4v) is 3.62. The van der Waals surface area contributed by atoms with E-state index in [-0.39, 0.29) is 5.91 Å². The predicted octanol–water partition coefficient (Wildman–Crippen LogP) is 3.66. The number of aromatic nitrogens is 1. The Hall–Kier alpha value is -3.36. The summed E-state index contributed by atoms with van der Waals surface area (Å²) in [6, 6.07) is 13.0. The average molecular weight is 455 g/mol. The molecule has 0 unspecified atom stereocenters. The van der Waals surface area contributed by atoms with Gasteiger partial charge in [0.15, 0.2) is 11.5 Å². The van der Waals surface area contributed by atoms with Gasteiger partial charge in [0.1, 0.15) is 0 Å². The number of hydrogen-bond acceptors (Lipinski definition) is 7. The van der Waals surface area contributed by atoms with E-state index in [1.165, 1.54) is 0 Å². The van der Waals surface area contributed by atoms with E-state index < -0.39 is 0 Å². The normalized spacial score (nSPS) is 10.8. The zero-order valence-corrected chi connectivity index (χ0v) is 19.7. The maximum Gasteiger partial charge on any atom is 0.254 e. The summed E-state index contributed by atoms with van der Waals surface area (Å²) in [5, 5.41) is 0.776. The molecular weight excluding hydrogens is 424 g/mol. The van der Waals surface area contributed by atoms with Crippen molar-refractivity contribution >= 4 is 16.8 Å². The molecule has 1 amide bonds. The minimum Gasteiger partial charge on any atom is -0.493 e. The number of amides is 1. The fourth-order valence-electron chi connectivity index (χ4n) is 3.62. The first kappa shape index (κ1) is 24.3.